The average molecular weight is 402 g/mol. The Morgan fingerprint density at radius 2 is 1.93 bits per heavy atom. The zero-order chi connectivity index (χ0) is 21.0. The van der Waals surface area contributed by atoms with Gasteiger partial charge in [-0.1, -0.05) is 44.6 Å². The first-order valence-electron chi connectivity index (χ1n) is 9.70. The first-order chi connectivity index (χ1) is 13.7. The van der Waals surface area contributed by atoms with Gasteiger partial charge in [0.1, 0.15) is 0 Å². The molecule has 0 bridgehead atoms. The van der Waals surface area contributed by atoms with Crippen LogP contribution in [0.25, 0.3) is 6.08 Å². The summed E-state index contributed by atoms with van der Waals surface area (Å²) < 4.78 is 0. The number of thiophene rings is 1. The van der Waals surface area contributed by atoms with Crippen LogP contribution in [-0.2, 0) is 4.79 Å². The average Bonchev–Trinajstić information content (AvgIpc) is 3.30. The Hall–Kier alpha value is -2.89. The molecular formula is C24H23N3OS. The lowest BCUT2D eigenvalue weighted by atomic mass is 9.68. The normalized spacial score (nSPS) is 24.3. The Labute approximate surface area is 175 Å². The lowest BCUT2D eigenvalue weighted by molar-refractivity contribution is -0.127. The van der Waals surface area contributed by atoms with E-state index in [0.717, 1.165) is 22.4 Å². The van der Waals surface area contributed by atoms with Gasteiger partial charge in [-0.25, -0.2) is 0 Å². The molecular weight excluding hydrogens is 378 g/mol. The van der Waals surface area contributed by atoms with E-state index in [0.29, 0.717) is 0 Å². The maximum absolute atomic E-state index is 13.7. The number of hydrogen-bond donors (Lipinski definition) is 0. The summed E-state index contributed by atoms with van der Waals surface area (Å²) >= 11 is 1.52. The van der Waals surface area contributed by atoms with Crippen LogP contribution in [0.1, 0.15) is 43.4 Å². The Morgan fingerprint density at radius 1 is 1.21 bits per heavy atom. The molecule has 1 saturated heterocycles. The van der Waals surface area contributed by atoms with Crippen LogP contribution in [0, 0.1) is 40.4 Å². The van der Waals surface area contributed by atoms with Gasteiger partial charge >= 0.3 is 0 Å². The third-order valence-electron chi connectivity index (χ3n) is 6.07. The van der Waals surface area contributed by atoms with Gasteiger partial charge in [-0.05, 0) is 47.0 Å². The highest BCUT2D eigenvalue weighted by Gasteiger charge is 2.64. The molecule has 0 aliphatic carbocycles. The van der Waals surface area contributed by atoms with Gasteiger partial charge in [0.05, 0.1) is 24.2 Å². The molecule has 2 aliphatic heterocycles. The van der Waals surface area contributed by atoms with Crippen LogP contribution in [-0.4, -0.2) is 17.9 Å². The smallest absolute Gasteiger partial charge is 0.176 e. The van der Waals surface area contributed by atoms with Crippen molar-refractivity contribution in [3.8, 4) is 12.1 Å². The zero-order valence-electron chi connectivity index (χ0n) is 17.0. The topological polar surface area (TPSA) is 67.9 Å². The molecule has 0 saturated carbocycles. The lowest BCUT2D eigenvalue weighted by Gasteiger charge is -2.37. The summed E-state index contributed by atoms with van der Waals surface area (Å²) in [6.45, 7) is 7.75. The van der Waals surface area contributed by atoms with Gasteiger partial charge in [-0.15, -0.1) is 0 Å². The number of anilines is 1. The molecule has 29 heavy (non-hydrogen) atoms. The van der Waals surface area contributed by atoms with Crippen LogP contribution in [0.15, 0.2) is 41.1 Å². The van der Waals surface area contributed by atoms with E-state index in [-0.39, 0.29) is 5.78 Å². The van der Waals surface area contributed by atoms with Gasteiger partial charge in [0, 0.05) is 17.0 Å². The number of benzene rings is 1. The van der Waals surface area contributed by atoms with Crippen molar-refractivity contribution < 1.29 is 4.79 Å². The Balaban J connectivity index is 2.02. The monoisotopic (exact) mass is 401 g/mol. The van der Waals surface area contributed by atoms with Crippen molar-refractivity contribution in [2.45, 2.75) is 45.7 Å². The number of hydrogen-bond acceptors (Lipinski definition) is 5. The molecule has 3 atom stereocenters. The van der Waals surface area contributed by atoms with Crippen molar-refractivity contribution in [1.82, 2.24) is 0 Å². The second kappa shape index (κ2) is 6.58. The van der Waals surface area contributed by atoms with Crippen LogP contribution in [0.2, 0.25) is 0 Å². The maximum Gasteiger partial charge on any atom is 0.176 e. The summed E-state index contributed by atoms with van der Waals surface area (Å²) in [6.07, 6.45) is 3.92. The second-order valence-corrected chi connectivity index (χ2v) is 9.74. The molecule has 0 radical (unpaired) electrons. The molecule has 146 valence electrons. The second-order valence-electron chi connectivity index (χ2n) is 8.96. The fourth-order valence-electron chi connectivity index (χ4n) is 4.68. The summed E-state index contributed by atoms with van der Waals surface area (Å²) in [5.41, 5.74) is 2.01. The molecule has 5 heteroatoms. The van der Waals surface area contributed by atoms with Crippen molar-refractivity contribution in [3.05, 3.63) is 57.8 Å². The van der Waals surface area contributed by atoms with E-state index in [9.17, 15) is 15.3 Å². The van der Waals surface area contributed by atoms with Crippen molar-refractivity contribution >= 4 is 28.9 Å². The van der Waals surface area contributed by atoms with Gasteiger partial charge in [0.15, 0.2) is 11.2 Å². The predicted molar refractivity (Wildman–Crippen MR) is 115 cm³/mol. The van der Waals surface area contributed by atoms with E-state index in [2.05, 4.69) is 18.2 Å². The number of Topliss-reactive ketones (excluding diaryl/α,β-unsaturated/α-hetero) is 1. The van der Waals surface area contributed by atoms with E-state index in [4.69, 9.17) is 0 Å². The van der Waals surface area contributed by atoms with Crippen LogP contribution in [0.5, 0.6) is 0 Å². The van der Waals surface area contributed by atoms with Crippen LogP contribution in [0.3, 0.4) is 0 Å². The Kier molecular flexibility index (Phi) is 4.41. The minimum absolute atomic E-state index is 0.0490. The summed E-state index contributed by atoms with van der Waals surface area (Å²) in [5.74, 6) is -0.467. The largest absolute Gasteiger partial charge is 0.351 e. The molecule has 4 nitrogen and oxygen atoms in total. The zero-order valence-corrected chi connectivity index (χ0v) is 17.8. The quantitative estimate of drug-likeness (QED) is 0.704. The minimum atomic E-state index is -1.34. The fourth-order valence-corrected chi connectivity index (χ4v) is 5.38. The lowest BCUT2D eigenvalue weighted by Crippen LogP contribution is -2.47. The van der Waals surface area contributed by atoms with Crippen LogP contribution >= 0.6 is 11.3 Å². The molecule has 1 aromatic heterocycles. The number of fused-ring (bicyclic) bond motifs is 3. The highest BCUT2D eigenvalue weighted by molar-refractivity contribution is 7.08. The van der Waals surface area contributed by atoms with Crippen molar-refractivity contribution in [2.75, 3.05) is 4.90 Å². The maximum atomic E-state index is 13.7. The number of aryl methyl sites for hydroxylation is 1. The third-order valence-corrected chi connectivity index (χ3v) is 6.77. The van der Waals surface area contributed by atoms with Crippen molar-refractivity contribution in [2.24, 2.45) is 10.8 Å². The van der Waals surface area contributed by atoms with Crippen LogP contribution in [0.4, 0.5) is 5.69 Å². The number of ketones is 1. The fraction of sp³-hybridized carbons (Fsp3) is 0.375. The molecule has 2 aromatic rings. The molecule has 0 spiro atoms. The molecule has 1 aromatic carbocycles. The van der Waals surface area contributed by atoms with Gasteiger partial charge in [0.25, 0.3) is 0 Å². The van der Waals surface area contributed by atoms with Gasteiger partial charge in [0.2, 0.25) is 0 Å². The molecule has 2 aliphatic rings. The SMILES string of the molecule is Cc1ccc2c(c1)C=C[C@H]1N2[C@H](C(=O)C(C)(C)C)[C@@H](c2ccsc2)C1(C#N)C#N. The summed E-state index contributed by atoms with van der Waals surface area (Å²) in [4.78, 5) is 15.8. The van der Waals surface area contributed by atoms with E-state index in [1.807, 2.05) is 73.7 Å². The first kappa shape index (κ1) is 19.4. The molecule has 1 fully saturated rings. The van der Waals surface area contributed by atoms with Gasteiger partial charge in [-0.2, -0.15) is 21.9 Å². The van der Waals surface area contributed by atoms with Crippen molar-refractivity contribution in [1.29, 1.82) is 10.5 Å². The summed E-state index contributed by atoms with van der Waals surface area (Å²) in [6, 6.07) is 11.7. The third kappa shape index (κ3) is 2.73. The van der Waals surface area contributed by atoms with Crippen molar-refractivity contribution in [3.63, 3.8) is 0 Å². The molecule has 4 rings (SSSR count). The summed E-state index contributed by atoms with van der Waals surface area (Å²) in [7, 11) is 0. The highest BCUT2D eigenvalue weighted by atomic mass is 32.1. The Morgan fingerprint density at radius 3 is 2.52 bits per heavy atom. The molecule has 3 heterocycles. The Bertz CT molecular complexity index is 1060. The summed E-state index contributed by atoms with van der Waals surface area (Å²) in [5, 5.41) is 24.5. The minimum Gasteiger partial charge on any atom is -0.351 e. The van der Waals surface area contributed by atoms with Crippen LogP contribution < -0.4 is 4.90 Å². The molecule has 0 unspecified atom stereocenters. The number of nitrogens with zero attached hydrogens (tertiary/aromatic N) is 3. The number of carbonyl (C=O) groups is 1. The predicted octanol–water partition coefficient (Wildman–Crippen LogP) is 5.07. The van der Waals surface area contributed by atoms with E-state index in [1.165, 1.54) is 11.3 Å². The first-order valence-corrected chi connectivity index (χ1v) is 10.6. The number of nitriles is 2. The van der Waals surface area contributed by atoms with E-state index >= 15 is 0 Å². The number of carbonyl (C=O) groups excluding carboxylic acids is 1. The van der Waals surface area contributed by atoms with E-state index < -0.39 is 28.8 Å². The molecule has 0 N–H and O–H groups in total. The number of rotatable bonds is 2. The standard InChI is InChI=1S/C24H23N3OS/c1-15-5-7-18-16(11-15)6-8-19-24(13-25,14-26)20(17-9-10-29-12-17)21(27(18)19)22(28)23(2,3)4/h5-12,19-21H,1-4H3/t19-,20-,21+/m1/s1. The van der Waals surface area contributed by atoms with E-state index in [1.54, 1.807) is 0 Å². The van der Waals surface area contributed by atoms with Gasteiger partial charge in [-0.3, -0.25) is 4.79 Å². The highest BCUT2D eigenvalue weighted by Crippen LogP contribution is 2.56. The van der Waals surface area contributed by atoms with Gasteiger partial charge < -0.3 is 4.90 Å². The molecule has 0 amide bonds.